The molecule has 10 heteroatoms. The molecule has 7 nitrogen and oxygen atoms in total. The van der Waals surface area contributed by atoms with Gasteiger partial charge >= 0.3 is 12.1 Å². The van der Waals surface area contributed by atoms with Crippen molar-refractivity contribution in [3.63, 3.8) is 0 Å². The van der Waals surface area contributed by atoms with Crippen LogP contribution in [-0.4, -0.2) is 44.1 Å². The van der Waals surface area contributed by atoms with Gasteiger partial charge in [-0.1, -0.05) is 38.1 Å². The Bertz CT molecular complexity index is 1030. The van der Waals surface area contributed by atoms with Crippen molar-refractivity contribution in [3.05, 3.63) is 65.5 Å². The molecule has 0 atom stereocenters. The Morgan fingerprint density at radius 2 is 1.54 bits per heavy atom. The van der Waals surface area contributed by atoms with E-state index in [-0.39, 0.29) is 0 Å². The zero-order chi connectivity index (χ0) is 26.6. The zero-order valence-corrected chi connectivity index (χ0v) is 20.5. The van der Waals surface area contributed by atoms with E-state index in [1.54, 1.807) is 12.1 Å². The lowest BCUT2D eigenvalue weighted by atomic mass is 10.1. The second-order valence-corrected chi connectivity index (χ2v) is 7.60. The van der Waals surface area contributed by atoms with Crippen LogP contribution in [0, 0.1) is 0 Å². The van der Waals surface area contributed by atoms with Crippen molar-refractivity contribution in [1.29, 1.82) is 0 Å². The molecule has 0 aliphatic heterocycles. The van der Waals surface area contributed by atoms with Gasteiger partial charge in [0.05, 0.1) is 5.56 Å². The van der Waals surface area contributed by atoms with E-state index in [0.29, 0.717) is 29.4 Å². The molecule has 1 aromatic heterocycles. The van der Waals surface area contributed by atoms with Gasteiger partial charge < -0.3 is 14.9 Å². The van der Waals surface area contributed by atoms with Crippen molar-refractivity contribution in [3.8, 4) is 17.1 Å². The maximum Gasteiger partial charge on any atom is 0.416 e. The number of carboxylic acids is 1. The van der Waals surface area contributed by atoms with E-state index in [1.807, 2.05) is 26.0 Å². The van der Waals surface area contributed by atoms with Crippen molar-refractivity contribution < 1.29 is 32.9 Å². The summed E-state index contributed by atoms with van der Waals surface area (Å²) in [7, 11) is 1.00. The maximum absolute atomic E-state index is 12.7. The third-order valence-corrected chi connectivity index (χ3v) is 4.69. The molecule has 0 spiro atoms. The van der Waals surface area contributed by atoms with Gasteiger partial charge in [0.2, 0.25) is 0 Å². The Kier molecular flexibility index (Phi) is 11.4. The number of rotatable bonds is 8. The topological polar surface area (TPSA) is 108 Å². The van der Waals surface area contributed by atoms with Crippen molar-refractivity contribution >= 4 is 5.97 Å². The van der Waals surface area contributed by atoms with Crippen molar-refractivity contribution in [2.24, 2.45) is 0 Å². The second kappa shape index (κ2) is 13.5. The number of carboxylic acid groups (broad SMARTS) is 1. The Labute approximate surface area is 203 Å². The summed E-state index contributed by atoms with van der Waals surface area (Å²) in [5.74, 6) is 0.441. The molecule has 0 aliphatic rings. The highest BCUT2D eigenvalue weighted by Crippen LogP contribution is 2.30. The molecule has 0 saturated carbocycles. The monoisotopic (exact) mass is 495 g/mol. The van der Waals surface area contributed by atoms with Crippen LogP contribution in [-0.2, 0) is 23.8 Å². The molecule has 1 heterocycles. The number of hydrogen-bond acceptors (Lipinski definition) is 5. The lowest BCUT2D eigenvalue weighted by molar-refractivity contribution is -0.152. The van der Waals surface area contributed by atoms with E-state index in [2.05, 4.69) is 15.2 Å². The van der Waals surface area contributed by atoms with E-state index < -0.39 is 23.3 Å². The Hall–Kier alpha value is -3.40. The van der Waals surface area contributed by atoms with Crippen LogP contribution >= 0.6 is 0 Å². The average molecular weight is 496 g/mol. The molecular formula is C25H32F3N3O4. The molecule has 192 valence electrons. The largest absolute Gasteiger partial charge is 0.478 e. The molecule has 0 radical (unpaired) electrons. The number of aliphatic carboxylic acids is 1. The van der Waals surface area contributed by atoms with Crippen LogP contribution in [0.4, 0.5) is 13.2 Å². The van der Waals surface area contributed by atoms with Gasteiger partial charge in [-0.2, -0.15) is 18.3 Å². The predicted molar refractivity (Wildman–Crippen MR) is 127 cm³/mol. The summed E-state index contributed by atoms with van der Waals surface area (Å²) in [5.41, 5.74) is -0.452. The Balaban J connectivity index is 0.00000145. The summed E-state index contributed by atoms with van der Waals surface area (Å²) in [6.45, 7) is 6.97. The van der Waals surface area contributed by atoms with Crippen LogP contribution < -0.4 is 4.74 Å². The number of alkyl halides is 3. The van der Waals surface area contributed by atoms with E-state index in [9.17, 15) is 18.0 Å². The summed E-state index contributed by atoms with van der Waals surface area (Å²) in [6.07, 6.45) is -2.21. The van der Waals surface area contributed by atoms with E-state index in [4.69, 9.17) is 14.9 Å². The molecule has 0 bridgehead atoms. The summed E-state index contributed by atoms with van der Waals surface area (Å²) in [4.78, 5) is 15.5. The lowest BCUT2D eigenvalue weighted by Crippen LogP contribution is -2.37. The molecule has 0 amide bonds. The fourth-order valence-electron chi connectivity index (χ4n) is 2.87. The number of hydrogen-bond donors (Lipinski definition) is 3. The van der Waals surface area contributed by atoms with Crippen LogP contribution in [0.2, 0.25) is 0 Å². The number of ether oxygens (including phenoxy) is 1. The van der Waals surface area contributed by atoms with Gasteiger partial charge in [0.25, 0.3) is 0 Å². The molecule has 0 saturated heterocycles. The molecule has 0 fully saturated rings. The van der Waals surface area contributed by atoms with Crippen LogP contribution in [0.3, 0.4) is 0 Å². The molecule has 0 aliphatic carbocycles. The van der Waals surface area contributed by atoms with Gasteiger partial charge in [-0.15, -0.1) is 0 Å². The number of nitrogens with one attached hydrogen (secondary N) is 1. The lowest BCUT2D eigenvalue weighted by Gasteiger charge is -2.21. The number of aliphatic hydroxyl groups is 1. The highest BCUT2D eigenvalue weighted by molar-refractivity contribution is 5.76. The third-order valence-electron chi connectivity index (χ3n) is 4.69. The Morgan fingerprint density at radius 1 is 0.971 bits per heavy atom. The zero-order valence-electron chi connectivity index (χ0n) is 20.5. The number of nitrogens with zero attached hydrogens (tertiary/aromatic N) is 2. The van der Waals surface area contributed by atoms with Crippen LogP contribution in [0.5, 0.6) is 5.75 Å². The van der Waals surface area contributed by atoms with Crippen molar-refractivity contribution in [2.75, 3.05) is 7.11 Å². The van der Waals surface area contributed by atoms with Gasteiger partial charge in [-0.05, 0) is 56.5 Å². The molecule has 2 aromatic carbocycles. The molecule has 0 unspecified atom stereocenters. The number of H-pyrrole nitrogens is 1. The van der Waals surface area contributed by atoms with E-state index >= 15 is 0 Å². The molecule has 35 heavy (non-hydrogen) atoms. The number of aromatic amines is 1. The number of carbonyl (C=O) groups is 1. The fraction of sp³-hybridized carbons (Fsp3) is 0.400. The predicted octanol–water partition coefficient (Wildman–Crippen LogP) is 5.54. The standard InChI is InChI=1S/C22H22F3N3O3.C2H6.CH4O/c1-21(2,20(29)30)31-17-12-6-14(7-13-17)4-3-5-18-26-19(28-27-18)15-8-10-16(11-9-15)22(23,24)25;2*1-2/h6-13H,3-5H2,1-2H3,(H,29,30)(H,26,27,28);1-2H3;2H,1H3. The van der Waals surface area contributed by atoms with Crippen molar-refractivity contribution in [2.45, 2.75) is 58.7 Å². The summed E-state index contributed by atoms with van der Waals surface area (Å²) in [5, 5.41) is 23.0. The molecule has 3 rings (SSSR count). The summed E-state index contributed by atoms with van der Waals surface area (Å²) in [6, 6.07) is 11.9. The number of aliphatic hydroxyl groups excluding tert-OH is 1. The highest BCUT2D eigenvalue weighted by Gasteiger charge is 2.30. The number of aromatic nitrogens is 3. The minimum absolute atomic E-state index is 0.353. The minimum Gasteiger partial charge on any atom is -0.478 e. The van der Waals surface area contributed by atoms with Gasteiger partial charge in [0, 0.05) is 19.1 Å². The third kappa shape index (κ3) is 9.05. The fourth-order valence-corrected chi connectivity index (χ4v) is 2.87. The van der Waals surface area contributed by atoms with Crippen molar-refractivity contribution in [1.82, 2.24) is 15.2 Å². The number of halogens is 3. The highest BCUT2D eigenvalue weighted by atomic mass is 19.4. The molecular weight excluding hydrogens is 463 g/mol. The van der Waals surface area contributed by atoms with Crippen LogP contribution in [0.25, 0.3) is 11.4 Å². The van der Waals surface area contributed by atoms with E-state index in [0.717, 1.165) is 37.6 Å². The first-order valence-electron chi connectivity index (χ1n) is 11.1. The van der Waals surface area contributed by atoms with Gasteiger partial charge in [0.15, 0.2) is 11.4 Å². The first-order valence-corrected chi connectivity index (χ1v) is 11.1. The van der Waals surface area contributed by atoms with Crippen LogP contribution in [0.1, 0.15) is 51.1 Å². The normalized spacial score (nSPS) is 11.0. The average Bonchev–Trinajstić information content (AvgIpc) is 3.31. The Morgan fingerprint density at radius 3 is 2.06 bits per heavy atom. The number of aryl methyl sites for hydroxylation is 2. The van der Waals surface area contributed by atoms with Gasteiger partial charge in [0.1, 0.15) is 11.6 Å². The van der Waals surface area contributed by atoms with Gasteiger partial charge in [-0.25, -0.2) is 9.78 Å². The van der Waals surface area contributed by atoms with Gasteiger partial charge in [-0.3, -0.25) is 5.10 Å². The first-order chi connectivity index (χ1) is 16.5. The van der Waals surface area contributed by atoms with Crippen LogP contribution in [0.15, 0.2) is 48.5 Å². The second-order valence-electron chi connectivity index (χ2n) is 7.60. The summed E-state index contributed by atoms with van der Waals surface area (Å²) < 4.78 is 43.5. The quantitative estimate of drug-likeness (QED) is 0.379. The minimum atomic E-state index is -4.38. The first kappa shape index (κ1) is 29.6. The smallest absolute Gasteiger partial charge is 0.416 e. The SMILES string of the molecule is CC.CC(C)(Oc1ccc(CCCc2nc(-c3ccc(C(F)(F)F)cc3)n[nH]2)cc1)C(=O)O.CO. The van der Waals surface area contributed by atoms with E-state index in [1.165, 1.54) is 26.0 Å². The maximum atomic E-state index is 12.7. The number of benzene rings is 2. The molecule has 3 N–H and O–H groups in total. The molecule has 3 aromatic rings. The summed E-state index contributed by atoms with van der Waals surface area (Å²) >= 11 is 0.